The van der Waals surface area contributed by atoms with Gasteiger partial charge in [0.15, 0.2) is 5.92 Å². The van der Waals surface area contributed by atoms with Gasteiger partial charge in [-0.25, -0.2) is 0 Å². The fourth-order valence-electron chi connectivity index (χ4n) is 0.631. The van der Waals surface area contributed by atoms with Crippen LogP contribution in [0.25, 0.3) is 0 Å². The van der Waals surface area contributed by atoms with Crippen LogP contribution < -0.4 is 0 Å². The van der Waals surface area contributed by atoms with E-state index in [-0.39, 0.29) is 13.2 Å². The Kier molecular flexibility index (Phi) is 11.0. The number of ether oxygens (including phenoxy) is 2. The third kappa shape index (κ3) is 6.46. The minimum atomic E-state index is -0.815. The van der Waals surface area contributed by atoms with E-state index in [0.29, 0.717) is 0 Å². The first-order valence-corrected chi connectivity index (χ1v) is 4.96. The van der Waals surface area contributed by atoms with E-state index in [1.807, 2.05) is 13.8 Å². The molecule has 0 radical (unpaired) electrons. The summed E-state index contributed by atoms with van der Waals surface area (Å²) in [6, 6.07) is 0. The molecule has 0 aromatic carbocycles. The summed E-state index contributed by atoms with van der Waals surface area (Å²) < 4.78 is 9.26. The third-order valence-electron chi connectivity index (χ3n) is 1.28. The number of hydrogen-bond donors (Lipinski definition) is 0. The molecule has 4 heteroatoms. The molecule has 0 bridgehead atoms. The second kappa shape index (κ2) is 10.0. The molecular formula is C10H20O4. The predicted octanol–water partition coefficient (Wildman–Crippen LogP) is 1.77. The molecule has 0 atom stereocenters. The maximum Gasteiger partial charge on any atom is 0.320 e. The highest BCUT2D eigenvalue weighted by molar-refractivity contribution is 5.94. The van der Waals surface area contributed by atoms with Crippen molar-refractivity contribution >= 4 is 11.9 Å². The highest BCUT2D eigenvalue weighted by Crippen LogP contribution is 2.01. The lowest BCUT2D eigenvalue weighted by Gasteiger charge is -2.08. The van der Waals surface area contributed by atoms with Crippen molar-refractivity contribution in [3.05, 3.63) is 0 Å². The summed E-state index contributed by atoms with van der Waals surface area (Å²) in [5.74, 6) is -1.88. The van der Waals surface area contributed by atoms with Crippen molar-refractivity contribution in [1.82, 2.24) is 0 Å². The normalized spacial score (nSPS) is 8.71. The first-order chi connectivity index (χ1) is 6.63. The van der Waals surface area contributed by atoms with Crippen LogP contribution in [0.3, 0.4) is 0 Å². The van der Waals surface area contributed by atoms with Crippen LogP contribution in [0.15, 0.2) is 0 Å². The molecular weight excluding hydrogens is 184 g/mol. The van der Waals surface area contributed by atoms with Crippen LogP contribution in [0.4, 0.5) is 0 Å². The van der Waals surface area contributed by atoms with E-state index in [0.717, 1.165) is 0 Å². The van der Waals surface area contributed by atoms with Gasteiger partial charge in [0.25, 0.3) is 0 Å². The fraction of sp³-hybridized carbons (Fsp3) is 0.800. The lowest BCUT2D eigenvalue weighted by Crippen LogP contribution is -2.25. The van der Waals surface area contributed by atoms with Crippen LogP contribution in [0.2, 0.25) is 0 Å². The van der Waals surface area contributed by atoms with Crippen LogP contribution in [-0.2, 0) is 19.1 Å². The summed E-state index contributed by atoms with van der Waals surface area (Å²) in [6.45, 7) is 9.41. The SMILES string of the molecule is CC.CCOC(=O)C(C)C(=O)OCC. The summed E-state index contributed by atoms with van der Waals surface area (Å²) in [7, 11) is 0. The van der Waals surface area contributed by atoms with Crippen molar-refractivity contribution < 1.29 is 19.1 Å². The minimum absolute atomic E-state index is 0.280. The van der Waals surface area contributed by atoms with Crippen LogP contribution in [0.1, 0.15) is 34.6 Å². The molecule has 0 aliphatic carbocycles. The molecule has 0 N–H and O–H groups in total. The maximum absolute atomic E-state index is 10.9. The monoisotopic (exact) mass is 204 g/mol. The number of esters is 2. The average molecular weight is 204 g/mol. The Morgan fingerprint density at radius 3 is 1.50 bits per heavy atom. The standard InChI is InChI=1S/C8H14O4.C2H6/c1-4-11-7(9)6(3)8(10)12-5-2;1-2/h6H,4-5H2,1-3H3;1-2H3. The molecule has 4 nitrogen and oxygen atoms in total. The lowest BCUT2D eigenvalue weighted by atomic mass is 10.2. The first-order valence-electron chi connectivity index (χ1n) is 4.96. The van der Waals surface area contributed by atoms with Gasteiger partial charge in [-0.3, -0.25) is 9.59 Å². The second-order valence-electron chi connectivity index (χ2n) is 2.23. The van der Waals surface area contributed by atoms with Gasteiger partial charge in [-0.1, -0.05) is 13.8 Å². The molecule has 0 aliphatic rings. The van der Waals surface area contributed by atoms with E-state index in [1.165, 1.54) is 6.92 Å². The lowest BCUT2D eigenvalue weighted by molar-refractivity contribution is -0.160. The number of rotatable bonds is 4. The van der Waals surface area contributed by atoms with Crippen LogP contribution in [-0.4, -0.2) is 25.2 Å². The third-order valence-corrected chi connectivity index (χ3v) is 1.28. The molecule has 14 heavy (non-hydrogen) atoms. The molecule has 0 saturated heterocycles. The Hall–Kier alpha value is -1.06. The van der Waals surface area contributed by atoms with E-state index in [2.05, 4.69) is 9.47 Å². The molecule has 0 amide bonds. The van der Waals surface area contributed by atoms with Gasteiger partial charge in [-0.05, 0) is 20.8 Å². The second-order valence-corrected chi connectivity index (χ2v) is 2.23. The van der Waals surface area contributed by atoms with Crippen molar-refractivity contribution in [2.75, 3.05) is 13.2 Å². The van der Waals surface area contributed by atoms with Crippen molar-refractivity contribution in [2.45, 2.75) is 34.6 Å². The Balaban J connectivity index is 0. The van der Waals surface area contributed by atoms with Gasteiger partial charge in [0.1, 0.15) is 0 Å². The molecule has 0 fully saturated rings. The Labute approximate surface area is 85.6 Å². The average Bonchev–Trinajstić information content (AvgIpc) is 2.20. The van der Waals surface area contributed by atoms with E-state index in [9.17, 15) is 9.59 Å². The van der Waals surface area contributed by atoms with Gasteiger partial charge in [0.05, 0.1) is 13.2 Å². The van der Waals surface area contributed by atoms with Gasteiger partial charge in [-0.2, -0.15) is 0 Å². The molecule has 0 aromatic heterocycles. The highest BCUT2D eigenvalue weighted by Gasteiger charge is 2.23. The van der Waals surface area contributed by atoms with Crippen molar-refractivity contribution in [3.63, 3.8) is 0 Å². The van der Waals surface area contributed by atoms with Gasteiger partial charge < -0.3 is 9.47 Å². The summed E-state index contributed by atoms with van der Waals surface area (Å²) in [4.78, 5) is 21.9. The van der Waals surface area contributed by atoms with Crippen LogP contribution in [0, 0.1) is 5.92 Å². The Morgan fingerprint density at radius 2 is 1.29 bits per heavy atom. The zero-order valence-corrected chi connectivity index (χ0v) is 9.62. The molecule has 0 unspecified atom stereocenters. The molecule has 0 aliphatic heterocycles. The van der Waals surface area contributed by atoms with Crippen molar-refractivity contribution in [3.8, 4) is 0 Å². The van der Waals surface area contributed by atoms with Crippen molar-refractivity contribution in [2.24, 2.45) is 5.92 Å². The Morgan fingerprint density at radius 1 is 1.00 bits per heavy atom. The quantitative estimate of drug-likeness (QED) is 0.517. The maximum atomic E-state index is 10.9. The summed E-state index contributed by atoms with van der Waals surface area (Å²) in [5.41, 5.74) is 0. The summed E-state index contributed by atoms with van der Waals surface area (Å²) >= 11 is 0. The number of carbonyl (C=O) groups is 2. The molecule has 84 valence electrons. The van der Waals surface area contributed by atoms with E-state index < -0.39 is 17.9 Å². The summed E-state index contributed by atoms with van der Waals surface area (Å²) in [5, 5.41) is 0. The summed E-state index contributed by atoms with van der Waals surface area (Å²) in [6.07, 6.45) is 0. The first kappa shape index (κ1) is 15.4. The number of hydrogen-bond acceptors (Lipinski definition) is 4. The Bertz CT molecular complexity index is 148. The predicted molar refractivity (Wildman–Crippen MR) is 53.8 cm³/mol. The largest absolute Gasteiger partial charge is 0.465 e. The van der Waals surface area contributed by atoms with E-state index in [4.69, 9.17) is 0 Å². The molecule has 0 heterocycles. The smallest absolute Gasteiger partial charge is 0.320 e. The molecule has 0 rings (SSSR count). The highest BCUT2D eigenvalue weighted by atomic mass is 16.6. The fourth-order valence-corrected chi connectivity index (χ4v) is 0.631. The van der Waals surface area contributed by atoms with Crippen molar-refractivity contribution in [1.29, 1.82) is 0 Å². The van der Waals surface area contributed by atoms with Gasteiger partial charge >= 0.3 is 11.9 Å². The van der Waals surface area contributed by atoms with Gasteiger partial charge in [-0.15, -0.1) is 0 Å². The van der Waals surface area contributed by atoms with E-state index in [1.54, 1.807) is 13.8 Å². The molecule has 0 saturated carbocycles. The molecule has 0 spiro atoms. The van der Waals surface area contributed by atoms with Crippen LogP contribution in [0.5, 0.6) is 0 Å². The molecule has 0 aromatic rings. The van der Waals surface area contributed by atoms with E-state index >= 15 is 0 Å². The zero-order valence-electron chi connectivity index (χ0n) is 9.62. The zero-order chi connectivity index (χ0) is 11.6. The van der Waals surface area contributed by atoms with Gasteiger partial charge in [0.2, 0.25) is 0 Å². The van der Waals surface area contributed by atoms with Crippen LogP contribution >= 0.6 is 0 Å². The minimum Gasteiger partial charge on any atom is -0.465 e. The van der Waals surface area contributed by atoms with Gasteiger partial charge in [0, 0.05) is 0 Å². The topological polar surface area (TPSA) is 52.6 Å². The number of carbonyl (C=O) groups excluding carboxylic acids is 2.